The number of nitrogens with one attached hydrogen (secondary N) is 1. The molecule has 2 heterocycles. The van der Waals surface area contributed by atoms with Gasteiger partial charge in [0.25, 0.3) is 0 Å². The van der Waals surface area contributed by atoms with Crippen LogP contribution in [0.15, 0.2) is 66.7 Å². The highest BCUT2D eigenvalue weighted by atomic mass is 35.5. The van der Waals surface area contributed by atoms with E-state index in [2.05, 4.69) is 75.8 Å². The molecule has 2 aromatic carbocycles. The number of hydrogen-bond donors (Lipinski definition) is 1. The smallest absolute Gasteiger partial charge is 0.0931 e. The van der Waals surface area contributed by atoms with Crippen LogP contribution in [-0.2, 0) is 19.6 Å². The molecular weight excluding hydrogens is 386 g/mol. The first kappa shape index (κ1) is 19.5. The summed E-state index contributed by atoms with van der Waals surface area (Å²) in [6.45, 7) is 7.14. The number of nitrogens with zero attached hydrogens (tertiary/aromatic N) is 2. The van der Waals surface area contributed by atoms with Crippen LogP contribution in [0.5, 0.6) is 0 Å². The first-order valence-corrected chi connectivity index (χ1v) is 11.0. The molecule has 5 heteroatoms. The van der Waals surface area contributed by atoms with Crippen molar-refractivity contribution in [2.75, 3.05) is 31.1 Å². The molecule has 0 atom stereocenters. The first-order chi connectivity index (χ1) is 13.8. The lowest BCUT2D eigenvalue weighted by Crippen LogP contribution is -2.46. The van der Waals surface area contributed by atoms with Gasteiger partial charge >= 0.3 is 0 Å². The van der Waals surface area contributed by atoms with Crippen LogP contribution in [0.1, 0.15) is 16.0 Å². The van der Waals surface area contributed by atoms with Crippen LogP contribution in [0.4, 0.5) is 5.69 Å². The molecular formula is C23H26ClN3S. The van der Waals surface area contributed by atoms with Gasteiger partial charge in [-0.25, -0.2) is 0 Å². The van der Waals surface area contributed by atoms with Crippen LogP contribution in [-0.4, -0.2) is 31.1 Å². The van der Waals surface area contributed by atoms with E-state index in [1.807, 2.05) is 6.07 Å². The summed E-state index contributed by atoms with van der Waals surface area (Å²) in [6, 6.07) is 23.6. The predicted molar refractivity (Wildman–Crippen MR) is 120 cm³/mol. The Bertz CT molecular complexity index is 872. The van der Waals surface area contributed by atoms with Crippen molar-refractivity contribution in [2.24, 2.45) is 0 Å². The highest BCUT2D eigenvalue weighted by Crippen LogP contribution is 2.22. The minimum absolute atomic E-state index is 0.854. The van der Waals surface area contributed by atoms with Crippen molar-refractivity contribution in [3.63, 3.8) is 0 Å². The van der Waals surface area contributed by atoms with Gasteiger partial charge in [-0.1, -0.05) is 54.1 Å². The summed E-state index contributed by atoms with van der Waals surface area (Å²) in [4.78, 5) is 6.33. The minimum Gasteiger partial charge on any atom is -0.369 e. The topological polar surface area (TPSA) is 18.5 Å². The second-order valence-electron chi connectivity index (χ2n) is 7.18. The number of benzene rings is 2. The Morgan fingerprint density at radius 3 is 2.21 bits per heavy atom. The number of piperazine rings is 1. The molecule has 1 aromatic heterocycles. The van der Waals surface area contributed by atoms with Gasteiger partial charge in [0.2, 0.25) is 0 Å². The molecule has 146 valence electrons. The van der Waals surface area contributed by atoms with Crippen LogP contribution in [0.3, 0.4) is 0 Å². The lowest BCUT2D eigenvalue weighted by molar-refractivity contribution is 0.249. The third-order valence-electron chi connectivity index (χ3n) is 5.25. The van der Waals surface area contributed by atoms with Gasteiger partial charge in [-0.05, 0) is 35.4 Å². The Kier molecular flexibility index (Phi) is 6.65. The van der Waals surface area contributed by atoms with E-state index in [9.17, 15) is 0 Å². The van der Waals surface area contributed by atoms with Crippen LogP contribution in [0.2, 0.25) is 4.34 Å². The molecule has 1 aliphatic rings. The average molecular weight is 412 g/mol. The molecule has 1 N–H and O–H groups in total. The van der Waals surface area contributed by atoms with E-state index in [0.29, 0.717) is 0 Å². The highest BCUT2D eigenvalue weighted by Gasteiger charge is 2.18. The molecule has 0 spiro atoms. The molecule has 0 amide bonds. The van der Waals surface area contributed by atoms with Crippen molar-refractivity contribution in [3.8, 4) is 0 Å². The predicted octanol–water partition coefficient (Wildman–Crippen LogP) is 5.01. The number of halogens is 1. The van der Waals surface area contributed by atoms with Gasteiger partial charge in [0, 0.05) is 56.4 Å². The van der Waals surface area contributed by atoms with E-state index >= 15 is 0 Å². The largest absolute Gasteiger partial charge is 0.369 e. The third-order valence-corrected chi connectivity index (χ3v) is 6.48. The van der Waals surface area contributed by atoms with Gasteiger partial charge < -0.3 is 10.2 Å². The highest BCUT2D eigenvalue weighted by molar-refractivity contribution is 7.16. The first-order valence-electron chi connectivity index (χ1n) is 9.82. The quantitative estimate of drug-likeness (QED) is 0.589. The fourth-order valence-electron chi connectivity index (χ4n) is 3.70. The maximum atomic E-state index is 6.02. The number of anilines is 1. The zero-order valence-corrected chi connectivity index (χ0v) is 17.6. The van der Waals surface area contributed by atoms with Crippen molar-refractivity contribution in [1.29, 1.82) is 0 Å². The summed E-state index contributed by atoms with van der Waals surface area (Å²) in [5.74, 6) is 0. The summed E-state index contributed by atoms with van der Waals surface area (Å²) in [6.07, 6.45) is 0. The SMILES string of the molecule is Clc1ccc(CNCc2ccccc2CN2CCN(c3ccccc3)CC2)s1. The van der Waals surface area contributed by atoms with E-state index in [4.69, 9.17) is 11.6 Å². The molecule has 28 heavy (non-hydrogen) atoms. The summed E-state index contributed by atoms with van der Waals surface area (Å²) in [5.41, 5.74) is 4.14. The summed E-state index contributed by atoms with van der Waals surface area (Å²) < 4.78 is 0.854. The Morgan fingerprint density at radius 2 is 1.50 bits per heavy atom. The van der Waals surface area contributed by atoms with Gasteiger partial charge in [-0.3, -0.25) is 4.90 Å². The maximum Gasteiger partial charge on any atom is 0.0931 e. The standard InChI is InChI=1S/C23H26ClN3S/c24-23-11-10-22(28-23)17-25-16-19-6-4-5-7-20(19)18-26-12-14-27(15-13-26)21-8-2-1-3-9-21/h1-11,25H,12-18H2. The molecule has 3 aromatic rings. The van der Waals surface area contributed by atoms with E-state index in [1.54, 1.807) is 11.3 Å². The summed E-state index contributed by atoms with van der Waals surface area (Å²) >= 11 is 7.67. The second kappa shape index (κ2) is 9.57. The van der Waals surface area contributed by atoms with Gasteiger partial charge in [-0.15, -0.1) is 11.3 Å². The molecule has 1 aliphatic heterocycles. The fourth-order valence-corrected chi connectivity index (χ4v) is 4.75. The zero-order valence-electron chi connectivity index (χ0n) is 16.0. The molecule has 0 saturated carbocycles. The lowest BCUT2D eigenvalue weighted by Gasteiger charge is -2.36. The van der Waals surface area contributed by atoms with E-state index in [-0.39, 0.29) is 0 Å². The van der Waals surface area contributed by atoms with Crippen molar-refractivity contribution in [1.82, 2.24) is 10.2 Å². The molecule has 1 fully saturated rings. The molecule has 0 unspecified atom stereocenters. The molecule has 0 radical (unpaired) electrons. The molecule has 1 saturated heterocycles. The van der Waals surface area contributed by atoms with Crippen LogP contribution in [0, 0.1) is 0 Å². The maximum absolute atomic E-state index is 6.02. The molecule has 0 aliphatic carbocycles. The van der Waals surface area contributed by atoms with Crippen LogP contribution >= 0.6 is 22.9 Å². The normalized spacial score (nSPS) is 15.1. The number of para-hydroxylation sites is 1. The van der Waals surface area contributed by atoms with Crippen molar-refractivity contribution in [3.05, 3.63) is 87.1 Å². The molecule has 4 rings (SSSR count). The lowest BCUT2D eigenvalue weighted by atomic mass is 10.1. The summed E-state index contributed by atoms with van der Waals surface area (Å²) in [7, 11) is 0. The van der Waals surface area contributed by atoms with Crippen molar-refractivity contribution < 1.29 is 0 Å². The van der Waals surface area contributed by atoms with Gasteiger partial charge in [0.15, 0.2) is 0 Å². The van der Waals surface area contributed by atoms with E-state index < -0.39 is 0 Å². The Labute approximate surface area is 176 Å². The fraction of sp³-hybridized carbons (Fsp3) is 0.304. The second-order valence-corrected chi connectivity index (χ2v) is 8.98. The van der Waals surface area contributed by atoms with Gasteiger partial charge in [0.05, 0.1) is 4.34 Å². The number of rotatable bonds is 7. The average Bonchev–Trinajstić information content (AvgIpc) is 3.15. The summed E-state index contributed by atoms with van der Waals surface area (Å²) in [5, 5.41) is 3.56. The monoisotopic (exact) mass is 411 g/mol. The van der Waals surface area contributed by atoms with Crippen molar-refractivity contribution >= 4 is 28.6 Å². The Morgan fingerprint density at radius 1 is 0.786 bits per heavy atom. The van der Waals surface area contributed by atoms with Gasteiger partial charge in [0.1, 0.15) is 0 Å². The van der Waals surface area contributed by atoms with Crippen LogP contribution < -0.4 is 10.2 Å². The van der Waals surface area contributed by atoms with Gasteiger partial charge in [-0.2, -0.15) is 0 Å². The minimum atomic E-state index is 0.854. The zero-order chi connectivity index (χ0) is 19.2. The van der Waals surface area contributed by atoms with E-state index in [1.165, 1.54) is 21.7 Å². The van der Waals surface area contributed by atoms with Crippen molar-refractivity contribution in [2.45, 2.75) is 19.6 Å². The number of hydrogen-bond acceptors (Lipinski definition) is 4. The third kappa shape index (κ3) is 5.15. The van der Waals surface area contributed by atoms with E-state index in [0.717, 1.165) is 50.1 Å². The Balaban J connectivity index is 1.30. The Hall–Kier alpha value is -1.85. The van der Waals surface area contributed by atoms with Crippen LogP contribution in [0.25, 0.3) is 0 Å². The molecule has 0 bridgehead atoms. The number of thiophene rings is 1. The molecule has 3 nitrogen and oxygen atoms in total.